The van der Waals surface area contributed by atoms with E-state index in [-0.39, 0.29) is 23.3 Å². The molecule has 0 saturated heterocycles. The van der Waals surface area contributed by atoms with Crippen molar-refractivity contribution in [3.8, 4) is 5.75 Å². The van der Waals surface area contributed by atoms with Crippen LogP contribution in [0.25, 0.3) is 5.76 Å². The van der Waals surface area contributed by atoms with Gasteiger partial charge in [0.2, 0.25) is 5.78 Å². The Kier molecular flexibility index (Phi) is 6.19. The molecule has 0 radical (unpaired) electrons. The molecule has 2 fully saturated rings. The molecule has 198 valence electrons. The monoisotopic (exact) mass is 510 g/mol. The Labute approximate surface area is 215 Å². The Morgan fingerprint density at radius 2 is 1.78 bits per heavy atom. The average molecular weight is 511 g/mol. The van der Waals surface area contributed by atoms with Gasteiger partial charge in [-0.25, -0.2) is 0 Å². The summed E-state index contributed by atoms with van der Waals surface area (Å²) in [7, 11) is 3.18. The van der Waals surface area contributed by atoms with Crippen molar-refractivity contribution in [3.63, 3.8) is 0 Å². The number of amides is 1. The van der Waals surface area contributed by atoms with E-state index in [4.69, 9.17) is 5.73 Å². The number of rotatable bonds is 4. The third kappa shape index (κ3) is 3.70. The van der Waals surface area contributed by atoms with E-state index in [9.17, 15) is 34.8 Å². The van der Waals surface area contributed by atoms with Gasteiger partial charge in [0.05, 0.1) is 11.6 Å². The van der Waals surface area contributed by atoms with Gasteiger partial charge in [0.15, 0.2) is 11.4 Å². The van der Waals surface area contributed by atoms with E-state index in [0.29, 0.717) is 12.3 Å². The van der Waals surface area contributed by atoms with E-state index in [1.54, 1.807) is 14.1 Å². The number of primary amides is 1. The van der Waals surface area contributed by atoms with Gasteiger partial charge in [-0.15, -0.1) is 0 Å². The standard InChI is InChI=1S/C28H34N2O7/c1-30(2)22-17-12-15-11-16-14(10-13-6-4-3-5-7-13)8-9-18(31)20(16)23(32)19(15)25(34)28(17,37)26(35)21(24(22)33)27(29)36/h8-9,13,15,17,22,31-32,35,37H,3-7,10-12H2,1-2H3,(H2,29,36)/t15-,17-,22-,28-/m1/s1. The summed E-state index contributed by atoms with van der Waals surface area (Å²) in [5.74, 6) is -5.75. The number of aliphatic hydroxyl groups is 3. The molecule has 0 heterocycles. The number of carbonyl (C=O) groups is 3. The van der Waals surface area contributed by atoms with Gasteiger partial charge in [0, 0.05) is 11.5 Å². The summed E-state index contributed by atoms with van der Waals surface area (Å²) >= 11 is 0. The first-order chi connectivity index (χ1) is 17.5. The van der Waals surface area contributed by atoms with Crippen LogP contribution >= 0.6 is 0 Å². The van der Waals surface area contributed by atoms with E-state index in [2.05, 4.69) is 0 Å². The van der Waals surface area contributed by atoms with Crippen LogP contribution < -0.4 is 5.73 Å². The summed E-state index contributed by atoms with van der Waals surface area (Å²) in [6, 6.07) is 2.31. The van der Waals surface area contributed by atoms with Crippen LogP contribution in [0.3, 0.4) is 0 Å². The predicted molar refractivity (Wildman–Crippen MR) is 135 cm³/mol. The highest BCUT2D eigenvalue weighted by Crippen LogP contribution is 2.53. The van der Waals surface area contributed by atoms with Crippen molar-refractivity contribution in [2.24, 2.45) is 23.5 Å². The van der Waals surface area contributed by atoms with Crippen molar-refractivity contribution >= 4 is 23.2 Å². The van der Waals surface area contributed by atoms with Crippen molar-refractivity contribution in [3.05, 3.63) is 45.7 Å². The molecule has 1 aromatic carbocycles. The van der Waals surface area contributed by atoms with Crippen LogP contribution in [0, 0.1) is 17.8 Å². The number of aromatic hydroxyl groups is 1. The molecule has 1 aromatic rings. The molecule has 2 saturated carbocycles. The number of carbonyl (C=O) groups excluding carboxylic acids is 3. The van der Waals surface area contributed by atoms with Gasteiger partial charge in [-0.05, 0) is 62.4 Å². The van der Waals surface area contributed by atoms with Gasteiger partial charge < -0.3 is 26.2 Å². The number of hydrogen-bond donors (Lipinski definition) is 5. The third-order valence-corrected chi connectivity index (χ3v) is 8.93. The molecule has 5 rings (SSSR count). The lowest BCUT2D eigenvalue weighted by atomic mass is 9.57. The van der Waals surface area contributed by atoms with Crippen LogP contribution in [0.2, 0.25) is 0 Å². The minimum atomic E-state index is -2.61. The molecular formula is C28H34N2O7. The molecule has 9 heteroatoms. The van der Waals surface area contributed by atoms with Crippen molar-refractivity contribution in [2.75, 3.05) is 14.1 Å². The summed E-state index contributed by atoms with van der Waals surface area (Å²) in [4.78, 5) is 40.6. The van der Waals surface area contributed by atoms with E-state index in [1.165, 1.54) is 30.2 Å². The van der Waals surface area contributed by atoms with E-state index >= 15 is 0 Å². The highest BCUT2D eigenvalue weighted by Gasteiger charge is 2.64. The van der Waals surface area contributed by atoms with Crippen molar-refractivity contribution in [2.45, 2.75) is 63.0 Å². The number of Topliss-reactive ketones (excluding diaryl/α,β-unsaturated/α-hetero) is 2. The number of fused-ring (bicyclic) bond motifs is 3. The van der Waals surface area contributed by atoms with Gasteiger partial charge in [0.25, 0.3) is 5.91 Å². The van der Waals surface area contributed by atoms with Crippen LogP contribution in [0.5, 0.6) is 5.75 Å². The van der Waals surface area contributed by atoms with Crippen LogP contribution in [0.4, 0.5) is 0 Å². The van der Waals surface area contributed by atoms with Crippen LogP contribution in [0.1, 0.15) is 55.2 Å². The minimum absolute atomic E-state index is 0.101. The molecule has 0 aromatic heterocycles. The molecule has 6 N–H and O–H groups in total. The Bertz CT molecular complexity index is 1260. The highest BCUT2D eigenvalue weighted by atomic mass is 16.3. The SMILES string of the molecule is CN(C)[C@H]1C(=O)C(C(N)=O)=C(O)[C@]2(O)C(=O)C3=C(O)c4c(O)ccc(CC5CCCCC5)c4C[C@@H]3C[C@H]12. The summed E-state index contributed by atoms with van der Waals surface area (Å²) < 4.78 is 0. The Morgan fingerprint density at radius 3 is 2.41 bits per heavy atom. The topological polar surface area (TPSA) is 161 Å². The average Bonchev–Trinajstić information content (AvgIpc) is 2.83. The first-order valence-electron chi connectivity index (χ1n) is 13.0. The zero-order valence-corrected chi connectivity index (χ0v) is 21.2. The summed E-state index contributed by atoms with van der Waals surface area (Å²) in [5.41, 5.74) is 3.79. The molecule has 9 nitrogen and oxygen atoms in total. The molecule has 4 atom stereocenters. The van der Waals surface area contributed by atoms with Crippen molar-refractivity contribution in [1.82, 2.24) is 4.90 Å². The molecule has 37 heavy (non-hydrogen) atoms. The highest BCUT2D eigenvalue weighted by molar-refractivity contribution is 6.24. The molecule has 4 aliphatic carbocycles. The van der Waals surface area contributed by atoms with E-state index < -0.39 is 58.0 Å². The van der Waals surface area contributed by atoms with E-state index in [1.807, 2.05) is 6.07 Å². The fourth-order valence-electron chi connectivity index (χ4n) is 7.20. The van der Waals surface area contributed by atoms with Crippen LogP contribution in [0.15, 0.2) is 29.0 Å². The number of phenols is 1. The van der Waals surface area contributed by atoms with Gasteiger partial charge in [-0.1, -0.05) is 38.2 Å². The maximum atomic E-state index is 13.9. The number of ketones is 2. The number of nitrogens with zero attached hydrogens (tertiary/aromatic N) is 1. The molecule has 0 aliphatic heterocycles. The number of phenolic OH excluding ortho intramolecular Hbond substituents is 1. The lowest BCUT2D eigenvalue weighted by Gasteiger charge is -2.50. The molecule has 0 unspecified atom stereocenters. The number of hydrogen-bond acceptors (Lipinski definition) is 8. The molecule has 4 aliphatic rings. The lowest BCUT2D eigenvalue weighted by Crippen LogP contribution is -2.65. The maximum absolute atomic E-state index is 13.9. The van der Waals surface area contributed by atoms with Crippen molar-refractivity contribution in [1.29, 1.82) is 0 Å². The zero-order chi connectivity index (χ0) is 26.8. The molecule has 0 bridgehead atoms. The van der Waals surface area contributed by atoms with Gasteiger partial charge >= 0.3 is 0 Å². The largest absolute Gasteiger partial charge is 0.508 e. The zero-order valence-electron chi connectivity index (χ0n) is 21.2. The number of aliphatic hydroxyl groups excluding tert-OH is 2. The normalized spacial score (nSPS) is 30.3. The summed E-state index contributed by atoms with van der Waals surface area (Å²) in [6.07, 6.45) is 7.10. The quantitative estimate of drug-likeness (QED) is 0.385. The minimum Gasteiger partial charge on any atom is -0.508 e. The van der Waals surface area contributed by atoms with Gasteiger partial charge in [-0.3, -0.25) is 19.3 Å². The maximum Gasteiger partial charge on any atom is 0.255 e. The number of benzene rings is 1. The first kappa shape index (κ1) is 25.5. The number of likely N-dealkylation sites (N-methyl/N-ethyl adjacent to an activating group) is 1. The first-order valence-corrected chi connectivity index (χ1v) is 13.0. The molecule has 1 amide bonds. The molecule has 0 spiro atoms. The lowest BCUT2D eigenvalue weighted by molar-refractivity contribution is -0.153. The predicted octanol–water partition coefficient (Wildman–Crippen LogP) is 2.09. The Hall–Kier alpha value is -3.17. The molecular weight excluding hydrogens is 476 g/mol. The fourth-order valence-corrected chi connectivity index (χ4v) is 7.20. The summed E-state index contributed by atoms with van der Waals surface area (Å²) in [6.45, 7) is 0. The van der Waals surface area contributed by atoms with Crippen molar-refractivity contribution < 1.29 is 34.8 Å². The number of nitrogens with two attached hydrogens (primary N) is 1. The second-order valence-electron chi connectivity index (χ2n) is 11.3. The Balaban J connectivity index is 1.65. The van der Waals surface area contributed by atoms with E-state index in [0.717, 1.165) is 30.4 Å². The Morgan fingerprint density at radius 1 is 1.11 bits per heavy atom. The summed E-state index contributed by atoms with van der Waals surface area (Å²) in [5, 5.41) is 44.6. The van der Waals surface area contributed by atoms with Gasteiger partial charge in [-0.2, -0.15) is 0 Å². The van der Waals surface area contributed by atoms with Crippen LogP contribution in [-0.2, 0) is 27.2 Å². The van der Waals surface area contributed by atoms with Crippen LogP contribution in [-0.4, -0.2) is 68.5 Å². The smallest absolute Gasteiger partial charge is 0.255 e. The fraction of sp³-hybridized carbons (Fsp3) is 0.536. The second-order valence-corrected chi connectivity index (χ2v) is 11.3. The van der Waals surface area contributed by atoms with Gasteiger partial charge in [0.1, 0.15) is 22.8 Å². The second kappa shape index (κ2) is 8.99. The third-order valence-electron chi connectivity index (χ3n) is 8.93.